The lowest BCUT2D eigenvalue weighted by atomic mass is 10.1. The molecule has 1 aromatic carbocycles. The fourth-order valence-corrected chi connectivity index (χ4v) is 2.00. The zero-order valence-electron chi connectivity index (χ0n) is 12.9. The van der Waals surface area contributed by atoms with Crippen LogP contribution in [-0.2, 0) is 9.53 Å². The highest BCUT2D eigenvalue weighted by Crippen LogP contribution is 2.25. The molecule has 0 saturated heterocycles. The molecule has 0 spiro atoms. The first-order valence-electron chi connectivity index (χ1n) is 6.88. The van der Waals surface area contributed by atoms with Crippen molar-refractivity contribution in [3.05, 3.63) is 23.8 Å². The Labute approximate surface area is 124 Å². The molecule has 0 aliphatic rings. The van der Waals surface area contributed by atoms with Gasteiger partial charge in [-0.1, -0.05) is 6.07 Å². The first kappa shape index (κ1) is 16.8. The van der Waals surface area contributed by atoms with Crippen molar-refractivity contribution in [1.29, 1.82) is 0 Å². The van der Waals surface area contributed by atoms with Crippen molar-refractivity contribution in [1.82, 2.24) is 4.90 Å². The Hall–Kier alpha value is -2.24. The molecule has 1 rings (SSSR count). The lowest BCUT2D eigenvalue weighted by Crippen LogP contribution is -2.39. The van der Waals surface area contributed by atoms with Gasteiger partial charge in [0.15, 0.2) is 6.10 Å². The fraction of sp³-hybridized carbons (Fsp3) is 0.467. The molecule has 116 valence electrons. The van der Waals surface area contributed by atoms with Crippen molar-refractivity contribution in [3.8, 4) is 5.75 Å². The van der Waals surface area contributed by atoms with E-state index < -0.39 is 12.1 Å². The topological polar surface area (TPSA) is 81.9 Å². The van der Waals surface area contributed by atoms with Crippen molar-refractivity contribution >= 4 is 17.6 Å². The summed E-state index contributed by atoms with van der Waals surface area (Å²) in [5, 5.41) is 0. The number of rotatable bonds is 6. The minimum Gasteiger partial charge on any atom is -0.496 e. The van der Waals surface area contributed by atoms with Crippen LogP contribution in [0.5, 0.6) is 5.75 Å². The summed E-state index contributed by atoms with van der Waals surface area (Å²) in [6.45, 7) is 6.41. The summed E-state index contributed by atoms with van der Waals surface area (Å²) in [5.74, 6) is -0.581. The molecule has 0 fully saturated rings. The molecule has 1 amide bonds. The van der Waals surface area contributed by atoms with Gasteiger partial charge in [-0.05, 0) is 32.9 Å². The Morgan fingerprint density at radius 1 is 1.29 bits per heavy atom. The number of esters is 1. The van der Waals surface area contributed by atoms with E-state index in [2.05, 4.69) is 0 Å². The van der Waals surface area contributed by atoms with E-state index in [0.29, 0.717) is 18.8 Å². The zero-order valence-corrected chi connectivity index (χ0v) is 12.9. The summed E-state index contributed by atoms with van der Waals surface area (Å²) in [5.41, 5.74) is 6.18. The van der Waals surface area contributed by atoms with Crippen molar-refractivity contribution in [3.63, 3.8) is 0 Å². The molecular formula is C15H22N2O4. The SMILES string of the molecule is CCN(CC)C(=O)C(C)OC(=O)c1c(N)cccc1OC. The van der Waals surface area contributed by atoms with Gasteiger partial charge in [0.2, 0.25) is 0 Å². The predicted molar refractivity (Wildman–Crippen MR) is 80.2 cm³/mol. The number of carbonyl (C=O) groups excluding carboxylic acids is 2. The van der Waals surface area contributed by atoms with Crippen LogP contribution in [-0.4, -0.2) is 43.1 Å². The summed E-state index contributed by atoms with van der Waals surface area (Å²) < 4.78 is 10.3. The van der Waals surface area contributed by atoms with Gasteiger partial charge >= 0.3 is 5.97 Å². The number of likely N-dealkylation sites (N-methyl/N-ethyl adjacent to an activating group) is 1. The maximum absolute atomic E-state index is 12.2. The molecule has 0 saturated carbocycles. The van der Waals surface area contributed by atoms with E-state index in [1.807, 2.05) is 13.8 Å². The summed E-state index contributed by atoms with van der Waals surface area (Å²) in [7, 11) is 1.44. The number of nitrogens with two attached hydrogens (primary N) is 1. The average molecular weight is 294 g/mol. The highest BCUT2D eigenvalue weighted by Gasteiger charge is 2.25. The predicted octanol–water partition coefficient (Wildman–Crippen LogP) is 1.69. The minimum atomic E-state index is -0.873. The van der Waals surface area contributed by atoms with Gasteiger partial charge in [-0.3, -0.25) is 4.79 Å². The average Bonchev–Trinajstić information content (AvgIpc) is 2.47. The molecule has 0 heterocycles. The van der Waals surface area contributed by atoms with E-state index in [0.717, 1.165) is 0 Å². The second-order valence-corrected chi connectivity index (χ2v) is 4.48. The Bertz CT molecular complexity index is 512. The van der Waals surface area contributed by atoms with Crippen LogP contribution < -0.4 is 10.5 Å². The number of hydrogen-bond acceptors (Lipinski definition) is 5. The normalized spacial score (nSPS) is 11.6. The lowest BCUT2D eigenvalue weighted by molar-refractivity contribution is -0.139. The molecule has 1 aromatic rings. The first-order valence-corrected chi connectivity index (χ1v) is 6.88. The van der Waals surface area contributed by atoms with Crippen LogP contribution in [0.3, 0.4) is 0 Å². The number of amides is 1. The second kappa shape index (κ2) is 7.52. The van der Waals surface area contributed by atoms with Gasteiger partial charge in [0, 0.05) is 18.8 Å². The maximum atomic E-state index is 12.2. The summed E-state index contributed by atoms with van der Waals surface area (Å²) in [4.78, 5) is 25.9. The molecule has 6 nitrogen and oxygen atoms in total. The standard InChI is InChI=1S/C15H22N2O4/c1-5-17(6-2)14(18)10(3)21-15(19)13-11(16)8-7-9-12(13)20-4/h7-10H,5-6,16H2,1-4H3. The molecule has 6 heteroatoms. The molecular weight excluding hydrogens is 272 g/mol. The van der Waals surface area contributed by atoms with E-state index in [-0.39, 0.29) is 17.2 Å². The second-order valence-electron chi connectivity index (χ2n) is 4.48. The third-order valence-electron chi connectivity index (χ3n) is 3.19. The smallest absolute Gasteiger partial charge is 0.344 e. The highest BCUT2D eigenvalue weighted by molar-refractivity contribution is 5.99. The van der Waals surface area contributed by atoms with Gasteiger partial charge in [0.1, 0.15) is 11.3 Å². The highest BCUT2D eigenvalue weighted by atomic mass is 16.5. The van der Waals surface area contributed by atoms with Crippen LogP contribution in [0.15, 0.2) is 18.2 Å². The van der Waals surface area contributed by atoms with Crippen LogP contribution in [0.2, 0.25) is 0 Å². The van der Waals surface area contributed by atoms with Gasteiger partial charge in [-0.15, -0.1) is 0 Å². The molecule has 1 unspecified atom stereocenters. The number of ether oxygens (including phenoxy) is 2. The summed E-state index contributed by atoms with van der Waals surface area (Å²) in [6, 6.07) is 4.87. The number of anilines is 1. The number of benzene rings is 1. The molecule has 0 aliphatic carbocycles. The Morgan fingerprint density at radius 3 is 2.43 bits per heavy atom. The Morgan fingerprint density at radius 2 is 1.90 bits per heavy atom. The van der Waals surface area contributed by atoms with Gasteiger partial charge in [0.25, 0.3) is 5.91 Å². The summed E-state index contributed by atoms with van der Waals surface area (Å²) >= 11 is 0. The van der Waals surface area contributed by atoms with Crippen molar-refractivity contribution in [2.45, 2.75) is 26.9 Å². The monoisotopic (exact) mass is 294 g/mol. The fourth-order valence-electron chi connectivity index (χ4n) is 2.00. The molecule has 21 heavy (non-hydrogen) atoms. The molecule has 2 N–H and O–H groups in total. The Kier molecular flexibility index (Phi) is 6.02. The van der Waals surface area contributed by atoms with E-state index >= 15 is 0 Å². The first-order chi connectivity index (χ1) is 9.96. The quantitative estimate of drug-likeness (QED) is 0.638. The molecule has 1 atom stereocenters. The van der Waals surface area contributed by atoms with E-state index in [1.165, 1.54) is 7.11 Å². The van der Waals surface area contributed by atoms with E-state index in [4.69, 9.17) is 15.2 Å². The van der Waals surface area contributed by atoms with Gasteiger partial charge in [-0.2, -0.15) is 0 Å². The van der Waals surface area contributed by atoms with Gasteiger partial charge < -0.3 is 20.1 Å². The molecule has 0 aromatic heterocycles. The summed E-state index contributed by atoms with van der Waals surface area (Å²) in [6.07, 6.45) is -0.873. The number of nitrogen functional groups attached to an aromatic ring is 1. The van der Waals surface area contributed by atoms with Crippen molar-refractivity contribution in [2.75, 3.05) is 25.9 Å². The lowest BCUT2D eigenvalue weighted by Gasteiger charge is -2.23. The number of nitrogens with zero attached hydrogens (tertiary/aromatic N) is 1. The van der Waals surface area contributed by atoms with Crippen LogP contribution in [0, 0.1) is 0 Å². The minimum absolute atomic E-state index is 0.138. The van der Waals surface area contributed by atoms with Crippen LogP contribution >= 0.6 is 0 Å². The van der Waals surface area contributed by atoms with E-state index in [9.17, 15) is 9.59 Å². The molecule has 0 bridgehead atoms. The van der Waals surface area contributed by atoms with Crippen LogP contribution in [0.1, 0.15) is 31.1 Å². The molecule has 0 aliphatic heterocycles. The number of carbonyl (C=O) groups is 2. The van der Waals surface area contributed by atoms with Crippen LogP contribution in [0.25, 0.3) is 0 Å². The molecule has 0 radical (unpaired) electrons. The van der Waals surface area contributed by atoms with Gasteiger partial charge in [-0.25, -0.2) is 4.79 Å². The third-order valence-corrected chi connectivity index (χ3v) is 3.19. The maximum Gasteiger partial charge on any atom is 0.344 e. The van der Waals surface area contributed by atoms with E-state index in [1.54, 1.807) is 30.0 Å². The largest absolute Gasteiger partial charge is 0.496 e. The van der Waals surface area contributed by atoms with Crippen molar-refractivity contribution < 1.29 is 19.1 Å². The third kappa shape index (κ3) is 3.87. The number of methoxy groups -OCH3 is 1. The number of hydrogen-bond donors (Lipinski definition) is 1. The zero-order chi connectivity index (χ0) is 16.0. The van der Waals surface area contributed by atoms with Crippen LogP contribution in [0.4, 0.5) is 5.69 Å². The van der Waals surface area contributed by atoms with Crippen molar-refractivity contribution in [2.24, 2.45) is 0 Å². The Balaban J connectivity index is 2.89. The van der Waals surface area contributed by atoms with Gasteiger partial charge in [0.05, 0.1) is 7.11 Å².